The van der Waals surface area contributed by atoms with Crippen molar-refractivity contribution in [3.63, 3.8) is 0 Å². The fourth-order valence-electron chi connectivity index (χ4n) is 2.93. The number of sulfone groups is 1. The zero-order chi connectivity index (χ0) is 31.7. The van der Waals surface area contributed by atoms with E-state index in [4.69, 9.17) is 28.9 Å². The van der Waals surface area contributed by atoms with Crippen LogP contribution in [0.15, 0.2) is 55.2 Å². The Hall–Kier alpha value is -0.130. The van der Waals surface area contributed by atoms with Crippen LogP contribution in [0.2, 0.25) is 10.6 Å². The molecule has 0 aliphatic rings. The molecule has 0 saturated heterocycles. The average Bonchev–Trinajstić information content (AvgIpc) is 2.80. The summed E-state index contributed by atoms with van der Waals surface area (Å²) in [6.45, 7) is -1.11. The van der Waals surface area contributed by atoms with Gasteiger partial charge in [0.15, 0.2) is 9.84 Å². The second kappa shape index (κ2) is 17.5. The van der Waals surface area contributed by atoms with Crippen LogP contribution >= 0.6 is 23.2 Å². The maximum atomic E-state index is 12.4. The van der Waals surface area contributed by atoms with Crippen LogP contribution in [0.5, 0.6) is 0 Å². The van der Waals surface area contributed by atoms with Gasteiger partial charge in [-0.15, -0.1) is 10.2 Å². The molecular weight excluding hydrogens is 762 g/mol. The number of aromatic nitrogens is 3. The van der Waals surface area contributed by atoms with E-state index in [9.17, 15) is 47.3 Å². The molecule has 0 amide bonds. The molecule has 0 atom stereocenters. The molecule has 1 aromatic heterocycles. The Morgan fingerprint density at radius 1 is 0.778 bits per heavy atom. The Balaban J connectivity index is 0.00000645. The number of hydrogen-bond acceptors (Lipinski definition) is 19. The monoisotopic (exact) mass is 773 g/mol. The fraction of sp³-hybridized carbons (Fsp3) is 0.118. The van der Waals surface area contributed by atoms with Crippen LogP contribution < -0.4 is 99.7 Å². The SMILES string of the molecule is Nc1cc(Nc2nc(Cl)nc(Cl)n2)c(N=Nc2ccc(S(=O)(=O)CCOS(=O)(=O)[O-])cc2S(=O)(=O)[O-])cc1S(=O)(=O)[O-].[Na+].[Na+].[Na+]. The summed E-state index contributed by atoms with van der Waals surface area (Å²) in [5, 5.41) is 9.02. The van der Waals surface area contributed by atoms with Gasteiger partial charge in [-0.2, -0.15) is 15.0 Å². The number of halogens is 2. The fourth-order valence-corrected chi connectivity index (χ4v) is 6.11. The maximum absolute atomic E-state index is 12.4. The predicted molar refractivity (Wildman–Crippen MR) is 138 cm³/mol. The number of azo groups is 1. The Morgan fingerprint density at radius 3 is 1.82 bits per heavy atom. The van der Waals surface area contributed by atoms with Crippen molar-refractivity contribution in [2.45, 2.75) is 14.7 Å². The number of anilines is 3. The van der Waals surface area contributed by atoms with Gasteiger partial charge in [0.25, 0.3) is 0 Å². The van der Waals surface area contributed by atoms with Crippen molar-refractivity contribution in [1.29, 1.82) is 0 Å². The Labute approximate surface area is 332 Å². The molecule has 28 heteroatoms. The van der Waals surface area contributed by atoms with Gasteiger partial charge in [0.2, 0.25) is 26.9 Å². The molecule has 0 aliphatic carbocycles. The standard InChI is InChI=1S/C17H15Cl2N7O12S4.3Na/c18-15-22-16(19)24-17(23-15)21-11-6-9(20)13(40(29,30)31)7-12(11)26-25-10-2-1-8(5-14(10)41(32,33)34)39(27,28)4-3-38-42(35,36)37;;;/h1-2,5-7H,3-4,20H2,(H,29,30,31)(H,32,33,34)(H,35,36,37)(H,21,22,23,24);;;/q;3*+1/p-3. The number of nitrogens with two attached hydrogens (primary N) is 1. The maximum Gasteiger partial charge on any atom is 1.00 e. The van der Waals surface area contributed by atoms with E-state index in [0.29, 0.717) is 12.1 Å². The van der Waals surface area contributed by atoms with Crippen LogP contribution in [0.25, 0.3) is 0 Å². The van der Waals surface area contributed by atoms with Crippen LogP contribution in [-0.2, 0) is 44.7 Å². The third kappa shape index (κ3) is 13.4. The molecule has 1 heterocycles. The van der Waals surface area contributed by atoms with E-state index in [0.717, 1.165) is 18.2 Å². The summed E-state index contributed by atoms with van der Waals surface area (Å²) < 4.78 is 131. The molecule has 19 nitrogen and oxygen atoms in total. The number of nitrogen functional groups attached to an aromatic ring is 1. The molecule has 3 aromatic rings. The third-order valence-electron chi connectivity index (χ3n) is 4.63. The van der Waals surface area contributed by atoms with E-state index < -0.39 is 84.6 Å². The minimum absolute atomic E-state index is 0. The van der Waals surface area contributed by atoms with E-state index in [1.54, 1.807) is 0 Å². The minimum Gasteiger partial charge on any atom is -0.744 e. The molecule has 0 saturated carbocycles. The Morgan fingerprint density at radius 2 is 1.31 bits per heavy atom. The number of nitrogens with zero attached hydrogens (tertiary/aromatic N) is 5. The normalized spacial score (nSPS) is 12.1. The molecule has 2 aromatic carbocycles. The van der Waals surface area contributed by atoms with Crippen LogP contribution in [0.3, 0.4) is 0 Å². The number of hydrogen-bond donors (Lipinski definition) is 2. The van der Waals surface area contributed by atoms with Crippen LogP contribution in [0.4, 0.5) is 28.7 Å². The summed E-state index contributed by atoms with van der Waals surface area (Å²) >= 11 is 11.4. The molecular formula is C17H12Cl2N7Na3O12S4. The van der Waals surface area contributed by atoms with Crippen LogP contribution in [0.1, 0.15) is 0 Å². The second-order valence-corrected chi connectivity index (χ2v) is 14.0. The van der Waals surface area contributed by atoms with Crippen molar-refractivity contribution in [1.82, 2.24) is 15.0 Å². The van der Waals surface area contributed by atoms with Gasteiger partial charge in [-0.1, -0.05) is 0 Å². The van der Waals surface area contributed by atoms with E-state index in [2.05, 4.69) is 34.7 Å². The molecule has 45 heavy (non-hydrogen) atoms. The van der Waals surface area contributed by atoms with Gasteiger partial charge >= 0.3 is 88.7 Å². The molecule has 0 fully saturated rings. The van der Waals surface area contributed by atoms with E-state index >= 15 is 0 Å². The summed E-state index contributed by atoms with van der Waals surface area (Å²) in [4.78, 5) is 7.99. The Bertz CT molecular complexity index is 2020. The number of rotatable bonds is 11. The van der Waals surface area contributed by atoms with E-state index in [-0.39, 0.29) is 111 Å². The zero-order valence-corrected chi connectivity index (χ0v) is 33.7. The zero-order valence-electron chi connectivity index (χ0n) is 22.9. The first-order chi connectivity index (χ1) is 19.2. The molecule has 3 N–H and O–H groups in total. The van der Waals surface area contributed by atoms with Gasteiger partial charge in [0.05, 0.1) is 38.4 Å². The van der Waals surface area contributed by atoms with Crippen LogP contribution in [-0.4, -0.2) is 74.6 Å². The van der Waals surface area contributed by atoms with Crippen molar-refractivity contribution in [3.05, 3.63) is 40.9 Å². The second-order valence-electron chi connectivity index (χ2n) is 7.52. The first-order valence-corrected chi connectivity index (χ1v) is 16.8. The molecule has 0 radical (unpaired) electrons. The van der Waals surface area contributed by atoms with Crippen LogP contribution in [0, 0.1) is 0 Å². The summed E-state index contributed by atoms with van der Waals surface area (Å²) in [6, 6.07) is 3.43. The quantitative estimate of drug-likeness (QED) is 0.0601. The van der Waals surface area contributed by atoms with E-state index in [1.807, 2.05) is 0 Å². The molecule has 0 spiro atoms. The van der Waals surface area contributed by atoms with E-state index in [1.165, 1.54) is 0 Å². The largest absolute Gasteiger partial charge is 1.00 e. The topological polar surface area (TPSA) is 316 Å². The van der Waals surface area contributed by atoms with Gasteiger partial charge in [0.1, 0.15) is 31.6 Å². The van der Waals surface area contributed by atoms with Gasteiger partial charge < -0.3 is 24.7 Å². The van der Waals surface area contributed by atoms with Crippen molar-refractivity contribution >= 4 is 92.4 Å². The molecule has 228 valence electrons. The molecule has 3 rings (SSSR count). The van der Waals surface area contributed by atoms with Crippen molar-refractivity contribution in [2.24, 2.45) is 10.2 Å². The van der Waals surface area contributed by atoms with Gasteiger partial charge in [-0.25, -0.2) is 33.7 Å². The number of benzene rings is 2. The van der Waals surface area contributed by atoms with Gasteiger partial charge in [-0.05, 0) is 53.5 Å². The molecule has 0 aliphatic heterocycles. The summed E-state index contributed by atoms with van der Waals surface area (Å²) in [6.07, 6.45) is 0. The van der Waals surface area contributed by atoms with Gasteiger partial charge in [0, 0.05) is 0 Å². The Kier molecular flexibility index (Phi) is 17.5. The first kappa shape index (κ1) is 44.9. The predicted octanol–water partition coefficient (Wildman–Crippen LogP) is -8.01. The number of nitrogens with one attached hydrogen (secondary N) is 1. The summed E-state index contributed by atoms with van der Waals surface area (Å²) in [5.74, 6) is -1.41. The molecule has 0 bridgehead atoms. The summed E-state index contributed by atoms with van der Waals surface area (Å²) in [7, 11) is -20.4. The summed E-state index contributed by atoms with van der Waals surface area (Å²) in [5.41, 5.74) is 3.61. The minimum atomic E-state index is -5.45. The smallest absolute Gasteiger partial charge is 0.744 e. The molecule has 0 unspecified atom stereocenters. The first-order valence-electron chi connectivity index (χ1n) is 10.2. The van der Waals surface area contributed by atoms with Crippen molar-refractivity contribution < 1.29 is 140 Å². The van der Waals surface area contributed by atoms with Gasteiger partial charge in [-0.3, -0.25) is 4.18 Å². The van der Waals surface area contributed by atoms with Crippen molar-refractivity contribution in [3.8, 4) is 0 Å². The third-order valence-corrected chi connectivity index (χ3v) is 8.86. The van der Waals surface area contributed by atoms with Crippen molar-refractivity contribution in [2.75, 3.05) is 23.4 Å². The average molecular weight is 774 g/mol.